The van der Waals surface area contributed by atoms with Gasteiger partial charge in [-0.25, -0.2) is 0 Å². The third-order valence-electron chi connectivity index (χ3n) is 4.95. The second-order valence-electron chi connectivity index (χ2n) is 6.41. The van der Waals surface area contributed by atoms with Gasteiger partial charge in [-0.2, -0.15) is 0 Å². The summed E-state index contributed by atoms with van der Waals surface area (Å²) in [6.45, 7) is 0. The first-order valence-electron chi connectivity index (χ1n) is 7.86. The summed E-state index contributed by atoms with van der Waals surface area (Å²) in [5.74, 6) is 1.47. The molecule has 2 unspecified atom stereocenters. The van der Waals surface area contributed by atoms with E-state index in [0.717, 1.165) is 11.8 Å². The molecular weight excluding hydrogens is 322 g/mol. The van der Waals surface area contributed by atoms with Crippen molar-refractivity contribution in [1.82, 2.24) is 5.32 Å². The highest BCUT2D eigenvalue weighted by atomic mass is 79.9. The van der Waals surface area contributed by atoms with Gasteiger partial charge in [0.25, 0.3) is 0 Å². The van der Waals surface area contributed by atoms with E-state index >= 15 is 0 Å². The summed E-state index contributed by atoms with van der Waals surface area (Å²) in [5, 5.41) is 3.84. The summed E-state index contributed by atoms with van der Waals surface area (Å²) in [6.07, 6.45) is 3.86. The summed E-state index contributed by atoms with van der Waals surface area (Å²) in [5.41, 5.74) is 2.97. The number of rotatable bonds is 4. The zero-order valence-electron chi connectivity index (χ0n) is 12.0. The Morgan fingerprint density at radius 2 is 1.57 bits per heavy atom. The lowest BCUT2D eigenvalue weighted by molar-refractivity contribution is 0.287. The fourth-order valence-electron chi connectivity index (χ4n) is 3.56. The zero-order chi connectivity index (χ0) is 14.2. The van der Waals surface area contributed by atoms with E-state index in [1.165, 1.54) is 34.9 Å². The standard InChI is InChI=1S/C19H20BrN/c20-18-9-5-4-8-16(18)14-10-15(11-14)21-19-12-17(19)13-6-2-1-3-7-13/h1-9,14-15,17,19,21H,10-12H2. The van der Waals surface area contributed by atoms with Gasteiger partial charge in [0.2, 0.25) is 0 Å². The molecule has 2 aliphatic rings. The lowest BCUT2D eigenvalue weighted by Crippen LogP contribution is -2.41. The molecule has 1 N–H and O–H groups in total. The van der Waals surface area contributed by atoms with Gasteiger partial charge in [0.15, 0.2) is 0 Å². The maximum absolute atomic E-state index is 3.84. The Kier molecular flexibility index (Phi) is 3.60. The number of hydrogen-bond acceptors (Lipinski definition) is 1. The molecular formula is C19H20BrN. The van der Waals surface area contributed by atoms with Crippen molar-refractivity contribution in [1.29, 1.82) is 0 Å². The van der Waals surface area contributed by atoms with Crippen molar-refractivity contribution in [3.8, 4) is 0 Å². The number of hydrogen-bond donors (Lipinski definition) is 1. The normalized spacial score (nSPS) is 30.7. The summed E-state index contributed by atoms with van der Waals surface area (Å²) in [4.78, 5) is 0. The van der Waals surface area contributed by atoms with Gasteiger partial charge in [-0.1, -0.05) is 64.5 Å². The van der Waals surface area contributed by atoms with Crippen molar-refractivity contribution < 1.29 is 0 Å². The van der Waals surface area contributed by atoms with E-state index in [1.807, 2.05) is 0 Å². The van der Waals surface area contributed by atoms with Gasteiger partial charge in [-0.15, -0.1) is 0 Å². The fourth-order valence-corrected chi connectivity index (χ4v) is 4.17. The molecule has 0 spiro atoms. The first-order valence-corrected chi connectivity index (χ1v) is 8.66. The minimum atomic E-state index is 0.706. The molecule has 2 aromatic rings. The van der Waals surface area contributed by atoms with Gasteiger partial charge >= 0.3 is 0 Å². The van der Waals surface area contributed by atoms with E-state index in [4.69, 9.17) is 0 Å². The number of benzene rings is 2. The van der Waals surface area contributed by atoms with Gasteiger partial charge in [-0.3, -0.25) is 0 Å². The zero-order valence-corrected chi connectivity index (χ0v) is 13.6. The first kappa shape index (κ1) is 13.5. The molecule has 21 heavy (non-hydrogen) atoms. The molecule has 2 atom stereocenters. The molecule has 2 fully saturated rings. The average Bonchev–Trinajstić information content (AvgIpc) is 3.24. The Morgan fingerprint density at radius 1 is 0.857 bits per heavy atom. The van der Waals surface area contributed by atoms with Crippen LogP contribution in [-0.2, 0) is 0 Å². The molecule has 2 saturated carbocycles. The van der Waals surface area contributed by atoms with Crippen LogP contribution >= 0.6 is 15.9 Å². The molecule has 0 amide bonds. The summed E-state index contributed by atoms with van der Waals surface area (Å²) in [6, 6.07) is 21.0. The maximum atomic E-state index is 3.84. The minimum absolute atomic E-state index is 0.706. The van der Waals surface area contributed by atoms with E-state index in [1.54, 1.807) is 0 Å². The predicted molar refractivity (Wildman–Crippen MR) is 90.6 cm³/mol. The Balaban J connectivity index is 1.29. The first-order chi connectivity index (χ1) is 10.3. The molecule has 4 rings (SSSR count). The minimum Gasteiger partial charge on any atom is -0.311 e. The highest BCUT2D eigenvalue weighted by Crippen LogP contribution is 2.45. The van der Waals surface area contributed by atoms with E-state index in [-0.39, 0.29) is 0 Å². The van der Waals surface area contributed by atoms with E-state index < -0.39 is 0 Å². The van der Waals surface area contributed by atoms with Crippen molar-refractivity contribution in [2.45, 2.75) is 43.2 Å². The second-order valence-corrected chi connectivity index (χ2v) is 7.27. The van der Waals surface area contributed by atoms with Crippen LogP contribution in [0, 0.1) is 0 Å². The second kappa shape index (κ2) is 5.58. The van der Waals surface area contributed by atoms with Crippen LogP contribution in [0.1, 0.15) is 42.2 Å². The Bertz CT molecular complexity index is 618. The van der Waals surface area contributed by atoms with Gasteiger partial charge in [0.1, 0.15) is 0 Å². The lowest BCUT2D eigenvalue weighted by Gasteiger charge is -2.37. The van der Waals surface area contributed by atoms with Crippen LogP contribution in [0.3, 0.4) is 0 Å². The van der Waals surface area contributed by atoms with Gasteiger partial charge in [-0.05, 0) is 42.4 Å². The topological polar surface area (TPSA) is 12.0 Å². The molecule has 0 aliphatic heterocycles. The van der Waals surface area contributed by atoms with Crippen LogP contribution in [0.4, 0.5) is 0 Å². The van der Waals surface area contributed by atoms with E-state index in [9.17, 15) is 0 Å². The SMILES string of the molecule is Brc1ccccc1C1CC(NC2CC2c2ccccc2)C1. The number of nitrogens with one attached hydrogen (secondary N) is 1. The molecule has 0 saturated heterocycles. The van der Waals surface area contributed by atoms with Gasteiger partial charge in [0.05, 0.1) is 0 Å². The van der Waals surface area contributed by atoms with Crippen molar-refractivity contribution in [3.05, 3.63) is 70.2 Å². The molecule has 0 bridgehead atoms. The fraction of sp³-hybridized carbons (Fsp3) is 0.368. The maximum Gasteiger partial charge on any atom is 0.0210 e. The summed E-state index contributed by atoms with van der Waals surface area (Å²) >= 11 is 3.67. The molecule has 1 nitrogen and oxygen atoms in total. The monoisotopic (exact) mass is 341 g/mol. The lowest BCUT2D eigenvalue weighted by atomic mass is 9.76. The Labute approximate surface area is 134 Å². The van der Waals surface area contributed by atoms with Crippen LogP contribution in [0.2, 0.25) is 0 Å². The van der Waals surface area contributed by atoms with E-state index in [0.29, 0.717) is 12.1 Å². The molecule has 0 aromatic heterocycles. The highest BCUT2D eigenvalue weighted by Gasteiger charge is 2.42. The number of halogens is 1. The molecule has 0 radical (unpaired) electrons. The van der Waals surface area contributed by atoms with Gasteiger partial charge < -0.3 is 5.32 Å². The largest absolute Gasteiger partial charge is 0.311 e. The van der Waals surface area contributed by atoms with Crippen LogP contribution in [-0.4, -0.2) is 12.1 Å². The summed E-state index contributed by atoms with van der Waals surface area (Å²) in [7, 11) is 0. The van der Waals surface area contributed by atoms with Crippen molar-refractivity contribution in [3.63, 3.8) is 0 Å². The quantitative estimate of drug-likeness (QED) is 0.838. The molecule has 0 heterocycles. The predicted octanol–water partition coefficient (Wildman–Crippen LogP) is 4.84. The molecule has 2 aliphatic carbocycles. The Morgan fingerprint density at radius 3 is 2.33 bits per heavy atom. The van der Waals surface area contributed by atoms with Gasteiger partial charge in [0, 0.05) is 22.5 Å². The van der Waals surface area contributed by atoms with Crippen molar-refractivity contribution in [2.24, 2.45) is 0 Å². The van der Waals surface area contributed by atoms with Crippen molar-refractivity contribution in [2.75, 3.05) is 0 Å². The smallest absolute Gasteiger partial charge is 0.0210 e. The Hall–Kier alpha value is -1.12. The van der Waals surface area contributed by atoms with E-state index in [2.05, 4.69) is 75.8 Å². The van der Waals surface area contributed by atoms with Crippen molar-refractivity contribution >= 4 is 15.9 Å². The third-order valence-corrected chi connectivity index (χ3v) is 5.67. The highest BCUT2D eigenvalue weighted by molar-refractivity contribution is 9.10. The molecule has 2 aromatic carbocycles. The van der Waals surface area contributed by atoms with Crippen LogP contribution < -0.4 is 5.32 Å². The van der Waals surface area contributed by atoms with Crippen LogP contribution in [0.15, 0.2) is 59.1 Å². The van der Waals surface area contributed by atoms with Crippen LogP contribution in [0.25, 0.3) is 0 Å². The third kappa shape index (κ3) is 2.79. The average molecular weight is 342 g/mol. The summed E-state index contributed by atoms with van der Waals surface area (Å²) < 4.78 is 1.27. The molecule has 108 valence electrons. The van der Waals surface area contributed by atoms with Crippen LogP contribution in [0.5, 0.6) is 0 Å². The molecule has 2 heteroatoms.